The fraction of sp³-hybridized carbons (Fsp3) is 0.333. The van der Waals surface area contributed by atoms with E-state index in [1.165, 1.54) is 0 Å². The molecule has 4 aromatic rings. The van der Waals surface area contributed by atoms with Crippen LogP contribution < -0.4 is 0 Å². The minimum absolute atomic E-state index is 0.00404. The minimum Gasteiger partial charge on any atom is -0.334 e. The Morgan fingerprint density at radius 3 is 2.78 bits per heavy atom. The molecule has 164 valence electrons. The van der Waals surface area contributed by atoms with Crippen molar-refractivity contribution in [2.24, 2.45) is 0 Å². The summed E-state index contributed by atoms with van der Waals surface area (Å²) in [6.45, 7) is 4.65. The Morgan fingerprint density at radius 1 is 1.19 bits per heavy atom. The smallest absolute Gasteiger partial charge is 0.274 e. The minimum atomic E-state index is -0.00404. The molecule has 32 heavy (non-hydrogen) atoms. The molecular formula is C24H24ClN5OS. The maximum atomic E-state index is 13.7. The van der Waals surface area contributed by atoms with Gasteiger partial charge in [0.15, 0.2) is 0 Å². The van der Waals surface area contributed by atoms with Gasteiger partial charge in [-0.25, -0.2) is 15.0 Å². The highest BCUT2D eigenvalue weighted by molar-refractivity contribution is 7.15. The molecule has 0 N–H and O–H groups in total. The molecule has 0 aliphatic carbocycles. The highest BCUT2D eigenvalue weighted by atomic mass is 35.5. The topological polar surface area (TPSA) is 63.4 Å². The standard InChI is InChI=1S/C24H24ClN5OS/c1-15-13-26-14-30-22(25)19(28-23(15)30)12-18-10-6-7-11-29(18)24(31)20-21(32-16(2)27-20)17-8-4-3-5-9-17/h3-5,8-9,13-14,18H,6-7,10-12H2,1-2H3/t18-/m0/s1. The normalized spacial score (nSPS) is 16.6. The van der Waals surface area contributed by atoms with Crippen molar-refractivity contribution in [3.05, 3.63) is 70.0 Å². The number of fused-ring (bicyclic) bond motifs is 1. The predicted octanol–water partition coefficient (Wildman–Crippen LogP) is 5.36. The summed E-state index contributed by atoms with van der Waals surface area (Å²) in [5.74, 6) is -0.00404. The largest absolute Gasteiger partial charge is 0.334 e. The summed E-state index contributed by atoms with van der Waals surface area (Å²) in [5, 5.41) is 1.47. The van der Waals surface area contributed by atoms with E-state index in [1.54, 1.807) is 23.9 Å². The molecule has 1 aliphatic rings. The van der Waals surface area contributed by atoms with E-state index < -0.39 is 0 Å². The summed E-state index contributed by atoms with van der Waals surface area (Å²) >= 11 is 8.22. The van der Waals surface area contributed by atoms with Gasteiger partial charge in [-0.1, -0.05) is 41.9 Å². The molecule has 1 aromatic carbocycles. The molecule has 0 saturated carbocycles. The molecule has 1 fully saturated rings. The molecule has 8 heteroatoms. The van der Waals surface area contributed by atoms with Crippen molar-refractivity contribution in [3.63, 3.8) is 0 Å². The van der Waals surface area contributed by atoms with E-state index in [1.807, 2.05) is 53.5 Å². The first kappa shape index (κ1) is 21.1. The van der Waals surface area contributed by atoms with Gasteiger partial charge in [0.1, 0.15) is 22.8 Å². The first-order valence-electron chi connectivity index (χ1n) is 10.8. The van der Waals surface area contributed by atoms with Gasteiger partial charge in [-0.2, -0.15) is 0 Å². The van der Waals surface area contributed by atoms with Crippen LogP contribution in [0.15, 0.2) is 42.9 Å². The van der Waals surface area contributed by atoms with Gasteiger partial charge < -0.3 is 4.90 Å². The SMILES string of the molecule is Cc1nc(C(=O)N2CCCC[C@H]2Cc2nc3c(C)cncn3c2Cl)c(-c2ccccc2)s1. The number of halogens is 1. The molecule has 1 amide bonds. The number of rotatable bonds is 4. The molecule has 5 rings (SSSR count). The Bertz CT molecular complexity index is 1280. The van der Waals surface area contributed by atoms with Gasteiger partial charge in [0.05, 0.1) is 15.6 Å². The summed E-state index contributed by atoms with van der Waals surface area (Å²) in [6, 6.07) is 10.1. The number of thiazole rings is 1. The molecule has 1 aliphatic heterocycles. The summed E-state index contributed by atoms with van der Waals surface area (Å²) in [6.07, 6.45) is 7.10. The Labute approximate surface area is 195 Å². The van der Waals surface area contributed by atoms with Gasteiger partial charge in [0.2, 0.25) is 0 Å². The van der Waals surface area contributed by atoms with E-state index in [9.17, 15) is 4.79 Å². The van der Waals surface area contributed by atoms with Crippen LogP contribution in [0.1, 0.15) is 46.0 Å². The zero-order valence-electron chi connectivity index (χ0n) is 18.1. The summed E-state index contributed by atoms with van der Waals surface area (Å²) < 4.78 is 1.82. The second kappa shape index (κ2) is 8.64. The van der Waals surface area contributed by atoms with Crippen molar-refractivity contribution >= 4 is 34.5 Å². The van der Waals surface area contributed by atoms with Crippen molar-refractivity contribution in [1.29, 1.82) is 0 Å². The summed E-state index contributed by atoms with van der Waals surface area (Å²) in [4.78, 5) is 30.3. The monoisotopic (exact) mass is 465 g/mol. The average Bonchev–Trinajstić information content (AvgIpc) is 3.36. The number of piperidine rings is 1. The van der Waals surface area contributed by atoms with Crippen molar-refractivity contribution in [3.8, 4) is 10.4 Å². The van der Waals surface area contributed by atoms with Gasteiger partial charge in [-0.3, -0.25) is 9.20 Å². The molecule has 1 saturated heterocycles. The second-order valence-electron chi connectivity index (χ2n) is 8.25. The zero-order chi connectivity index (χ0) is 22.2. The van der Waals surface area contributed by atoms with Crippen molar-refractivity contribution in [2.75, 3.05) is 6.54 Å². The highest BCUT2D eigenvalue weighted by Gasteiger charge is 2.32. The second-order valence-corrected chi connectivity index (χ2v) is 9.81. The van der Waals surface area contributed by atoms with Crippen LogP contribution in [-0.2, 0) is 6.42 Å². The maximum absolute atomic E-state index is 13.7. The number of nitrogens with zero attached hydrogens (tertiary/aromatic N) is 5. The van der Waals surface area contributed by atoms with Gasteiger partial charge >= 0.3 is 0 Å². The molecular weight excluding hydrogens is 442 g/mol. The van der Waals surface area contributed by atoms with E-state index in [4.69, 9.17) is 16.6 Å². The van der Waals surface area contributed by atoms with E-state index in [2.05, 4.69) is 9.97 Å². The molecule has 0 bridgehead atoms. The van der Waals surface area contributed by atoms with Crippen LogP contribution in [0.4, 0.5) is 0 Å². The third-order valence-electron chi connectivity index (χ3n) is 6.01. The predicted molar refractivity (Wildman–Crippen MR) is 127 cm³/mol. The lowest BCUT2D eigenvalue weighted by atomic mass is 9.97. The lowest BCUT2D eigenvalue weighted by Crippen LogP contribution is -2.45. The van der Waals surface area contributed by atoms with Crippen LogP contribution in [0, 0.1) is 13.8 Å². The van der Waals surface area contributed by atoms with Gasteiger partial charge in [0.25, 0.3) is 5.91 Å². The number of hydrogen-bond donors (Lipinski definition) is 0. The Morgan fingerprint density at radius 2 is 2.00 bits per heavy atom. The fourth-order valence-electron chi connectivity index (χ4n) is 4.44. The number of benzene rings is 1. The molecule has 0 radical (unpaired) electrons. The van der Waals surface area contributed by atoms with Crippen LogP contribution >= 0.6 is 22.9 Å². The van der Waals surface area contributed by atoms with Crippen molar-refractivity contribution < 1.29 is 4.79 Å². The van der Waals surface area contributed by atoms with Crippen LogP contribution in [0.5, 0.6) is 0 Å². The number of likely N-dealkylation sites (tertiary alicyclic amines) is 1. The van der Waals surface area contributed by atoms with Crippen LogP contribution in [0.25, 0.3) is 16.1 Å². The molecule has 0 spiro atoms. The van der Waals surface area contributed by atoms with Gasteiger partial charge in [0, 0.05) is 30.8 Å². The zero-order valence-corrected chi connectivity index (χ0v) is 19.7. The van der Waals surface area contributed by atoms with E-state index in [0.29, 0.717) is 17.3 Å². The number of aryl methyl sites for hydroxylation is 2. The number of hydrogen-bond acceptors (Lipinski definition) is 5. The van der Waals surface area contributed by atoms with Crippen molar-refractivity contribution in [2.45, 2.75) is 45.6 Å². The highest BCUT2D eigenvalue weighted by Crippen LogP contribution is 2.33. The molecule has 3 aromatic heterocycles. The number of carbonyl (C=O) groups excluding carboxylic acids is 1. The average molecular weight is 466 g/mol. The third-order valence-corrected chi connectivity index (χ3v) is 7.43. The summed E-state index contributed by atoms with van der Waals surface area (Å²) in [5.41, 5.74) is 4.18. The molecule has 4 heterocycles. The van der Waals surface area contributed by atoms with E-state index in [0.717, 1.165) is 58.2 Å². The van der Waals surface area contributed by atoms with Crippen molar-refractivity contribution in [1.82, 2.24) is 24.3 Å². The van der Waals surface area contributed by atoms with E-state index in [-0.39, 0.29) is 11.9 Å². The summed E-state index contributed by atoms with van der Waals surface area (Å²) in [7, 11) is 0. The fourth-order valence-corrected chi connectivity index (χ4v) is 5.60. The number of aromatic nitrogens is 4. The Hall–Kier alpha value is -2.77. The third kappa shape index (κ3) is 3.80. The van der Waals surface area contributed by atoms with Crippen LogP contribution in [0.3, 0.4) is 0 Å². The quantitative estimate of drug-likeness (QED) is 0.407. The first-order valence-corrected chi connectivity index (χ1v) is 12.0. The lowest BCUT2D eigenvalue weighted by Gasteiger charge is -2.35. The lowest BCUT2D eigenvalue weighted by molar-refractivity contribution is 0.0608. The maximum Gasteiger partial charge on any atom is 0.274 e. The Kier molecular flexibility index (Phi) is 5.69. The first-order chi connectivity index (χ1) is 15.5. The van der Waals surface area contributed by atoms with Gasteiger partial charge in [-0.15, -0.1) is 11.3 Å². The number of amides is 1. The number of carbonyl (C=O) groups is 1. The van der Waals surface area contributed by atoms with Crippen LogP contribution in [-0.4, -0.2) is 42.7 Å². The van der Waals surface area contributed by atoms with Gasteiger partial charge in [-0.05, 0) is 38.7 Å². The molecule has 0 unspecified atom stereocenters. The molecule has 6 nitrogen and oxygen atoms in total. The molecule has 1 atom stereocenters. The van der Waals surface area contributed by atoms with E-state index >= 15 is 0 Å². The number of imidazole rings is 1. The Balaban J connectivity index is 1.47. The van der Waals surface area contributed by atoms with Crippen LogP contribution in [0.2, 0.25) is 5.15 Å².